The molecule has 1 aliphatic heterocycles. The van der Waals surface area contributed by atoms with Crippen molar-refractivity contribution < 1.29 is 9.53 Å². The van der Waals surface area contributed by atoms with Gasteiger partial charge in [-0.25, -0.2) is 5.10 Å². The first kappa shape index (κ1) is 20.0. The Morgan fingerprint density at radius 3 is 2.33 bits per heavy atom. The molecule has 0 aliphatic carbocycles. The maximum Gasteiger partial charge on any atom is 0.277 e. The molecule has 6 nitrogen and oxygen atoms in total. The van der Waals surface area contributed by atoms with E-state index in [9.17, 15) is 9.59 Å². The van der Waals surface area contributed by atoms with Gasteiger partial charge in [-0.2, -0.15) is 5.10 Å². The molecular formula is C24H25N3O3. The highest BCUT2D eigenvalue weighted by molar-refractivity contribution is 6.03. The molecule has 2 heterocycles. The summed E-state index contributed by atoms with van der Waals surface area (Å²) < 4.78 is 5.85. The Morgan fingerprint density at radius 2 is 1.67 bits per heavy atom. The molecule has 4 rings (SSSR count). The molecule has 0 atom stereocenters. The molecule has 154 valence electrons. The van der Waals surface area contributed by atoms with Crippen molar-refractivity contribution in [2.24, 2.45) is 0 Å². The van der Waals surface area contributed by atoms with Crippen LogP contribution in [0.5, 0.6) is 0 Å². The maximum absolute atomic E-state index is 13.7. The number of nitrogens with one attached hydrogen (secondary N) is 1. The molecule has 0 saturated carbocycles. The number of aromatic nitrogens is 2. The fraction of sp³-hybridized carbons (Fsp3) is 0.292. The molecule has 1 N–H and O–H groups in total. The Morgan fingerprint density at radius 1 is 1.03 bits per heavy atom. The summed E-state index contributed by atoms with van der Waals surface area (Å²) in [5.41, 5.74) is 1.91. The Bertz CT molecular complexity index is 1090. The van der Waals surface area contributed by atoms with Crippen LogP contribution in [0.3, 0.4) is 0 Å². The summed E-state index contributed by atoms with van der Waals surface area (Å²) in [5.74, 6) is -0.298. The quantitative estimate of drug-likeness (QED) is 0.723. The van der Waals surface area contributed by atoms with Crippen molar-refractivity contribution in [1.29, 1.82) is 0 Å². The first-order chi connectivity index (χ1) is 14.5. The van der Waals surface area contributed by atoms with E-state index < -0.39 is 11.2 Å². The van der Waals surface area contributed by atoms with E-state index >= 15 is 0 Å². The van der Waals surface area contributed by atoms with E-state index in [1.54, 1.807) is 4.90 Å². The molecule has 1 fully saturated rings. The van der Waals surface area contributed by atoms with Crippen LogP contribution < -0.4 is 5.56 Å². The highest BCUT2D eigenvalue weighted by atomic mass is 16.5. The number of H-pyrrole nitrogens is 1. The first-order valence-electron chi connectivity index (χ1n) is 10.1. The van der Waals surface area contributed by atoms with E-state index in [0.29, 0.717) is 31.0 Å². The minimum atomic E-state index is -0.485. The number of aromatic amines is 1. The number of carbonyl (C=O) groups excluding carboxylic acids is 1. The van der Waals surface area contributed by atoms with E-state index in [0.717, 1.165) is 17.5 Å². The van der Waals surface area contributed by atoms with Crippen LogP contribution in [0.15, 0.2) is 65.5 Å². The van der Waals surface area contributed by atoms with Crippen LogP contribution in [-0.4, -0.2) is 46.3 Å². The largest absolute Gasteiger partial charge is 0.374 e. The van der Waals surface area contributed by atoms with Crippen LogP contribution in [0, 0.1) is 0 Å². The van der Waals surface area contributed by atoms with E-state index in [1.165, 1.54) is 0 Å². The van der Waals surface area contributed by atoms with Crippen molar-refractivity contribution in [3.63, 3.8) is 0 Å². The van der Waals surface area contributed by atoms with E-state index in [2.05, 4.69) is 10.2 Å². The minimum Gasteiger partial charge on any atom is -0.374 e. The van der Waals surface area contributed by atoms with Gasteiger partial charge in [0.1, 0.15) is 5.56 Å². The lowest BCUT2D eigenvalue weighted by molar-refractivity contribution is -0.0156. The second-order valence-corrected chi connectivity index (χ2v) is 8.07. The zero-order valence-corrected chi connectivity index (χ0v) is 17.2. The average molecular weight is 403 g/mol. The fourth-order valence-electron chi connectivity index (χ4n) is 3.86. The fourth-order valence-corrected chi connectivity index (χ4v) is 3.86. The topological polar surface area (TPSA) is 75.3 Å². The normalized spacial score (nSPS) is 16.1. The van der Waals surface area contributed by atoms with Gasteiger partial charge in [-0.3, -0.25) is 9.59 Å². The molecule has 0 radical (unpaired) electrons. The van der Waals surface area contributed by atoms with Crippen LogP contribution in [0.4, 0.5) is 0 Å². The Labute approximate surface area is 175 Å². The zero-order valence-electron chi connectivity index (χ0n) is 17.2. The summed E-state index contributed by atoms with van der Waals surface area (Å²) in [6.45, 7) is 5.47. The molecular weight excluding hydrogens is 378 g/mol. The number of ether oxygens (including phenoxy) is 1. The number of nitrogens with zero attached hydrogens (tertiary/aromatic N) is 2. The van der Waals surface area contributed by atoms with Crippen LogP contribution >= 0.6 is 0 Å². The third-order valence-electron chi connectivity index (χ3n) is 5.23. The van der Waals surface area contributed by atoms with Gasteiger partial charge >= 0.3 is 0 Å². The van der Waals surface area contributed by atoms with Crippen molar-refractivity contribution in [2.75, 3.05) is 19.7 Å². The van der Waals surface area contributed by atoms with Gasteiger partial charge in [0.05, 0.1) is 11.3 Å². The molecule has 6 heteroatoms. The highest BCUT2D eigenvalue weighted by Crippen LogP contribution is 2.32. The lowest BCUT2D eigenvalue weighted by Gasteiger charge is -2.29. The second kappa shape index (κ2) is 8.24. The standard InChI is InChI=1S/C24H25N3O3/c1-24(2)16-27(14-9-15-30-24)23(29)20-19(17-10-5-3-6-11-17)21(25-26-22(20)28)18-12-7-4-8-13-18/h3-8,10-13H,9,14-16H2,1-2H3,(H,26,28). The molecule has 30 heavy (non-hydrogen) atoms. The van der Waals surface area contributed by atoms with E-state index in [-0.39, 0.29) is 11.5 Å². The van der Waals surface area contributed by atoms with Crippen molar-refractivity contribution in [1.82, 2.24) is 15.1 Å². The van der Waals surface area contributed by atoms with Crippen LogP contribution in [-0.2, 0) is 4.74 Å². The molecule has 0 spiro atoms. The third-order valence-corrected chi connectivity index (χ3v) is 5.23. The summed E-state index contributed by atoms with van der Waals surface area (Å²) >= 11 is 0. The molecule has 3 aromatic rings. The van der Waals surface area contributed by atoms with Crippen LogP contribution in [0.25, 0.3) is 22.4 Å². The first-order valence-corrected chi connectivity index (χ1v) is 10.1. The molecule has 1 amide bonds. The molecule has 1 saturated heterocycles. The highest BCUT2D eigenvalue weighted by Gasteiger charge is 2.32. The Kier molecular flexibility index (Phi) is 5.50. The SMILES string of the molecule is CC1(C)CN(C(=O)c2c(-c3ccccc3)c(-c3ccccc3)n[nH]c2=O)CCCO1. The van der Waals surface area contributed by atoms with Crippen molar-refractivity contribution in [3.8, 4) is 22.4 Å². The number of rotatable bonds is 3. The average Bonchev–Trinajstić information content (AvgIpc) is 2.94. The Balaban J connectivity index is 1.91. The Hall–Kier alpha value is -3.25. The minimum absolute atomic E-state index is 0.118. The van der Waals surface area contributed by atoms with Gasteiger partial charge in [-0.15, -0.1) is 0 Å². The van der Waals surface area contributed by atoms with Gasteiger partial charge < -0.3 is 9.64 Å². The van der Waals surface area contributed by atoms with Gasteiger partial charge in [0.25, 0.3) is 11.5 Å². The van der Waals surface area contributed by atoms with Gasteiger partial charge in [0, 0.05) is 30.8 Å². The summed E-state index contributed by atoms with van der Waals surface area (Å²) in [7, 11) is 0. The van der Waals surface area contributed by atoms with Gasteiger partial charge in [0.2, 0.25) is 0 Å². The molecule has 1 aliphatic rings. The van der Waals surface area contributed by atoms with Gasteiger partial charge in [-0.1, -0.05) is 60.7 Å². The predicted molar refractivity (Wildman–Crippen MR) is 116 cm³/mol. The number of hydrogen-bond acceptors (Lipinski definition) is 4. The van der Waals surface area contributed by atoms with Crippen LogP contribution in [0.1, 0.15) is 30.6 Å². The lowest BCUT2D eigenvalue weighted by Crippen LogP contribution is -2.43. The number of hydrogen-bond donors (Lipinski definition) is 1. The second-order valence-electron chi connectivity index (χ2n) is 8.07. The summed E-state index contributed by atoms with van der Waals surface area (Å²) in [6.07, 6.45) is 0.727. The maximum atomic E-state index is 13.7. The summed E-state index contributed by atoms with van der Waals surface area (Å²) in [6, 6.07) is 19.1. The lowest BCUT2D eigenvalue weighted by atomic mass is 9.94. The molecule has 2 aromatic carbocycles. The third kappa shape index (κ3) is 4.04. The van der Waals surface area contributed by atoms with E-state index in [4.69, 9.17) is 4.74 Å². The van der Waals surface area contributed by atoms with Gasteiger partial charge in [-0.05, 0) is 25.8 Å². The van der Waals surface area contributed by atoms with Crippen molar-refractivity contribution in [3.05, 3.63) is 76.6 Å². The van der Waals surface area contributed by atoms with Gasteiger partial charge in [0.15, 0.2) is 0 Å². The zero-order chi connectivity index (χ0) is 21.1. The predicted octanol–water partition coefficient (Wildman–Crippen LogP) is 3.75. The molecule has 1 aromatic heterocycles. The van der Waals surface area contributed by atoms with Crippen molar-refractivity contribution >= 4 is 5.91 Å². The number of amides is 1. The number of benzene rings is 2. The summed E-state index contributed by atoms with van der Waals surface area (Å²) in [4.78, 5) is 28.3. The smallest absolute Gasteiger partial charge is 0.277 e. The van der Waals surface area contributed by atoms with Crippen molar-refractivity contribution in [2.45, 2.75) is 25.9 Å². The monoisotopic (exact) mass is 403 g/mol. The summed E-state index contributed by atoms with van der Waals surface area (Å²) in [5, 5.41) is 6.88. The molecule has 0 unspecified atom stereocenters. The number of carbonyl (C=O) groups is 1. The molecule has 0 bridgehead atoms. The van der Waals surface area contributed by atoms with Crippen LogP contribution in [0.2, 0.25) is 0 Å². The van der Waals surface area contributed by atoms with E-state index in [1.807, 2.05) is 74.5 Å².